The highest BCUT2D eigenvalue weighted by molar-refractivity contribution is 5.39. The van der Waals surface area contributed by atoms with Crippen LogP contribution in [0.3, 0.4) is 0 Å². The number of rotatable bonds is 17. The molecule has 0 aliphatic carbocycles. The van der Waals surface area contributed by atoms with E-state index < -0.39 is 35.7 Å². The number of halogens is 6. The van der Waals surface area contributed by atoms with Gasteiger partial charge in [0.25, 0.3) is 0 Å². The molecular weight excluding hydrogens is 842 g/mol. The summed E-state index contributed by atoms with van der Waals surface area (Å²) in [6, 6.07) is 32.4. The quantitative estimate of drug-likeness (QED) is 0.0637. The summed E-state index contributed by atoms with van der Waals surface area (Å²) in [5.74, 6) is -0.663. The van der Waals surface area contributed by atoms with E-state index in [-0.39, 0.29) is 23.5 Å². The first-order valence-corrected chi connectivity index (χ1v) is 19.4. The van der Waals surface area contributed by atoms with Crippen molar-refractivity contribution in [2.24, 2.45) is 0 Å². The Morgan fingerprint density at radius 3 is 1.43 bits per heavy atom. The van der Waals surface area contributed by atoms with E-state index in [1.165, 1.54) is 61.9 Å². The lowest BCUT2D eigenvalue weighted by molar-refractivity contribution is -0.275. The molecule has 0 atom stereocenters. The molecule has 2 aromatic heterocycles. The molecule has 0 radical (unpaired) electrons. The number of hydrogen-bond donors (Lipinski definition) is 0. The van der Waals surface area contributed by atoms with Crippen molar-refractivity contribution in [1.82, 2.24) is 19.6 Å². The van der Waals surface area contributed by atoms with Crippen LogP contribution in [0.5, 0.6) is 46.7 Å². The zero-order valence-electron chi connectivity index (χ0n) is 33.3. The van der Waals surface area contributed by atoms with Crippen molar-refractivity contribution >= 4 is 0 Å². The minimum atomic E-state index is -4.81. The zero-order valence-corrected chi connectivity index (χ0v) is 33.3. The molecule has 0 unspecified atom stereocenters. The third kappa shape index (κ3) is 14.3. The van der Waals surface area contributed by atoms with Gasteiger partial charge in [0.15, 0.2) is 0 Å². The molecule has 0 spiro atoms. The molecule has 0 bridgehead atoms. The highest BCUT2D eigenvalue weighted by atomic mass is 19.4. The van der Waals surface area contributed by atoms with Crippen molar-refractivity contribution in [3.8, 4) is 58.0 Å². The summed E-state index contributed by atoms with van der Waals surface area (Å²) >= 11 is 0. The second-order valence-electron chi connectivity index (χ2n) is 13.4. The molecule has 0 saturated carbocycles. The van der Waals surface area contributed by atoms with Crippen molar-refractivity contribution < 1.29 is 58.9 Å². The van der Waals surface area contributed by atoms with Crippen molar-refractivity contribution in [3.63, 3.8) is 0 Å². The predicted molar refractivity (Wildman–Crippen MR) is 214 cm³/mol. The fourth-order valence-corrected chi connectivity index (χ4v) is 5.77. The molecule has 7 aromatic rings. The van der Waals surface area contributed by atoms with Gasteiger partial charge in [-0.3, -0.25) is 0 Å². The number of hydrogen-bond acceptors (Lipinski definition) is 11. The van der Waals surface area contributed by atoms with Gasteiger partial charge < -0.3 is 32.5 Å². The topological polar surface area (TPSA) is 142 Å². The van der Waals surface area contributed by atoms with Gasteiger partial charge in [-0.15, -0.1) is 26.3 Å². The third-order valence-corrected chi connectivity index (χ3v) is 8.63. The first kappa shape index (κ1) is 45.1. The number of aryl methyl sites for hydroxylation is 1. The number of unbranched alkanes of at least 4 members (excludes halogenated alkanes) is 5. The van der Waals surface area contributed by atoms with Crippen LogP contribution in [0.25, 0.3) is 11.4 Å². The Hall–Kier alpha value is -7.44. The zero-order chi connectivity index (χ0) is 44.8. The van der Waals surface area contributed by atoms with Gasteiger partial charge in [0, 0.05) is 6.07 Å². The molecule has 0 aliphatic rings. The molecule has 7 rings (SSSR count). The Morgan fingerprint density at radius 1 is 0.492 bits per heavy atom. The maximum atomic E-state index is 12.3. The van der Waals surface area contributed by atoms with E-state index in [1.54, 1.807) is 48.5 Å². The number of para-hydroxylation sites is 1. The number of nitrogens with zero attached hydrogens (tertiary/aromatic N) is 4. The van der Waals surface area contributed by atoms with E-state index in [1.807, 2.05) is 30.3 Å². The van der Waals surface area contributed by atoms with E-state index in [0.717, 1.165) is 46.5 Å². The molecule has 0 saturated heterocycles. The standard InChI is InChI=1S/C23H25F3N2O4.C21H13F3N2O5/c1-2-3-4-5-6-7-8-17-9-13-19(14-10-17)30-21-27-28(22(29)31-21)18-11-15-20(16-12-18)32-23(24,25)26;22-21(23,24)31-16-11-9-14(10-12-16)26-20(27)30-19(25-26)29-18-8-4-7-17(13-18)28-15-5-2-1-3-6-15/h9-16H,2-8H2,1H3;1-13H. The number of benzene rings is 5. The average molecular weight is 881 g/mol. The molecule has 0 N–H and O–H groups in total. The monoisotopic (exact) mass is 880 g/mol. The van der Waals surface area contributed by atoms with Gasteiger partial charge in [-0.1, -0.05) is 85.6 Å². The molecule has 13 nitrogen and oxygen atoms in total. The average Bonchev–Trinajstić information content (AvgIpc) is 3.80. The van der Waals surface area contributed by atoms with Gasteiger partial charge in [-0.25, -0.2) is 9.59 Å². The molecule has 0 amide bonds. The summed E-state index contributed by atoms with van der Waals surface area (Å²) in [7, 11) is 0. The fraction of sp³-hybridized carbons (Fsp3) is 0.227. The molecule has 330 valence electrons. The second-order valence-corrected chi connectivity index (χ2v) is 13.4. The van der Waals surface area contributed by atoms with Crippen LogP contribution in [-0.2, 0) is 6.42 Å². The van der Waals surface area contributed by atoms with Gasteiger partial charge in [-0.05, 0) is 103 Å². The number of ether oxygens (including phenoxy) is 5. The minimum Gasteiger partial charge on any atom is -0.457 e. The van der Waals surface area contributed by atoms with Crippen LogP contribution < -0.4 is 35.2 Å². The minimum absolute atomic E-state index is 0.166. The van der Waals surface area contributed by atoms with Crippen molar-refractivity contribution in [1.29, 1.82) is 0 Å². The first-order chi connectivity index (χ1) is 30.2. The number of alkyl halides is 6. The summed E-state index contributed by atoms with van der Waals surface area (Å²) in [6.45, 7) is 2.20. The third-order valence-electron chi connectivity index (χ3n) is 8.63. The summed E-state index contributed by atoms with van der Waals surface area (Å²) in [5, 5.41) is 7.84. The Balaban J connectivity index is 0.000000210. The van der Waals surface area contributed by atoms with Crippen LogP contribution in [0.2, 0.25) is 0 Å². The van der Waals surface area contributed by atoms with E-state index in [4.69, 9.17) is 23.0 Å². The normalized spacial score (nSPS) is 11.3. The van der Waals surface area contributed by atoms with Gasteiger partial charge >= 0.3 is 36.4 Å². The van der Waals surface area contributed by atoms with Gasteiger partial charge in [0.05, 0.1) is 11.4 Å². The lowest BCUT2D eigenvalue weighted by Crippen LogP contribution is -2.17. The highest BCUT2D eigenvalue weighted by Crippen LogP contribution is 2.29. The molecule has 2 heterocycles. The van der Waals surface area contributed by atoms with Gasteiger partial charge in [0.1, 0.15) is 34.5 Å². The lowest BCUT2D eigenvalue weighted by Gasteiger charge is -2.08. The summed E-state index contributed by atoms with van der Waals surface area (Å²) in [5.41, 5.74) is 1.57. The molecule has 5 aromatic carbocycles. The molecule has 19 heteroatoms. The van der Waals surface area contributed by atoms with Crippen molar-refractivity contribution in [2.45, 2.75) is 64.6 Å². The van der Waals surface area contributed by atoms with Crippen molar-refractivity contribution in [2.75, 3.05) is 0 Å². The van der Waals surface area contributed by atoms with Gasteiger partial charge in [-0.2, -0.15) is 9.36 Å². The Labute approximate surface area is 354 Å². The fourth-order valence-electron chi connectivity index (χ4n) is 5.77. The van der Waals surface area contributed by atoms with Crippen LogP contribution in [-0.4, -0.2) is 32.3 Å². The van der Waals surface area contributed by atoms with E-state index in [9.17, 15) is 35.9 Å². The SMILES string of the molecule is CCCCCCCCc1ccc(Oc2nn(-c3ccc(OC(F)(F)F)cc3)c(=O)o2)cc1.O=c1oc(Oc2cccc(Oc3ccccc3)c2)nn1-c1ccc(OC(F)(F)F)cc1. The van der Waals surface area contributed by atoms with E-state index >= 15 is 0 Å². The van der Waals surface area contributed by atoms with E-state index in [2.05, 4.69) is 26.6 Å². The van der Waals surface area contributed by atoms with Crippen LogP contribution in [0, 0.1) is 0 Å². The van der Waals surface area contributed by atoms with Crippen molar-refractivity contribution in [3.05, 3.63) is 154 Å². The smallest absolute Gasteiger partial charge is 0.457 e. The van der Waals surface area contributed by atoms with Crippen LogP contribution in [0.15, 0.2) is 146 Å². The van der Waals surface area contributed by atoms with E-state index in [0.29, 0.717) is 23.0 Å². The summed E-state index contributed by atoms with van der Waals surface area (Å²) < 4.78 is 110. The summed E-state index contributed by atoms with van der Waals surface area (Å²) in [6.07, 6.45) is -1.82. The summed E-state index contributed by atoms with van der Waals surface area (Å²) in [4.78, 5) is 24.1. The molecular formula is C44H38F6N4O9. The van der Waals surface area contributed by atoms with Crippen LogP contribution >= 0.6 is 0 Å². The maximum absolute atomic E-state index is 12.3. The molecule has 0 aliphatic heterocycles. The predicted octanol–water partition coefficient (Wildman–Crippen LogP) is 11.7. The van der Waals surface area contributed by atoms with Gasteiger partial charge in [0.2, 0.25) is 0 Å². The largest absolute Gasteiger partial charge is 0.573 e. The molecule has 63 heavy (non-hydrogen) atoms. The second kappa shape index (κ2) is 20.9. The van der Waals surface area contributed by atoms with Crippen LogP contribution in [0.4, 0.5) is 26.3 Å². The lowest BCUT2D eigenvalue weighted by atomic mass is 10.1. The van der Waals surface area contributed by atoms with Crippen LogP contribution in [0.1, 0.15) is 51.0 Å². The Morgan fingerprint density at radius 2 is 0.921 bits per heavy atom. The first-order valence-electron chi connectivity index (χ1n) is 19.4. The molecule has 0 fully saturated rings. The Bertz CT molecular complexity index is 2610. The highest BCUT2D eigenvalue weighted by Gasteiger charge is 2.32. The number of aromatic nitrogens is 4. The Kier molecular flexibility index (Phi) is 15.0. The maximum Gasteiger partial charge on any atom is 0.573 e.